The van der Waals surface area contributed by atoms with E-state index in [0.29, 0.717) is 18.5 Å². The fourth-order valence-corrected chi connectivity index (χ4v) is 4.13. The maximum Gasteiger partial charge on any atom is 0.339 e. The third-order valence-electron chi connectivity index (χ3n) is 5.48. The first-order chi connectivity index (χ1) is 14.2. The van der Waals surface area contributed by atoms with Gasteiger partial charge in [-0.15, -0.1) is 0 Å². The van der Waals surface area contributed by atoms with Crippen molar-refractivity contribution in [1.82, 2.24) is 10.3 Å². The Hall–Kier alpha value is -3.41. The first-order valence-electron chi connectivity index (χ1n) is 9.85. The van der Waals surface area contributed by atoms with Gasteiger partial charge in [0.2, 0.25) is 0 Å². The van der Waals surface area contributed by atoms with Gasteiger partial charge in [0.05, 0.1) is 23.0 Å². The van der Waals surface area contributed by atoms with Crippen LogP contribution in [0.15, 0.2) is 47.1 Å². The van der Waals surface area contributed by atoms with Gasteiger partial charge in [0.1, 0.15) is 5.76 Å². The number of para-hydroxylation sites is 1. The molecule has 1 atom stereocenters. The zero-order chi connectivity index (χ0) is 19.8. The molecule has 6 heteroatoms. The molecule has 146 valence electrons. The lowest BCUT2D eigenvalue weighted by atomic mass is 9.86. The van der Waals surface area contributed by atoms with Crippen LogP contribution in [0.5, 0.6) is 0 Å². The van der Waals surface area contributed by atoms with Gasteiger partial charge >= 0.3 is 5.97 Å². The van der Waals surface area contributed by atoms with Gasteiger partial charge in [0, 0.05) is 18.4 Å². The molecule has 2 aromatic heterocycles. The van der Waals surface area contributed by atoms with E-state index in [0.717, 1.165) is 52.8 Å². The Morgan fingerprint density at radius 3 is 2.90 bits per heavy atom. The molecule has 1 N–H and O–H groups in total. The van der Waals surface area contributed by atoms with Crippen molar-refractivity contribution in [3.63, 3.8) is 0 Å². The van der Waals surface area contributed by atoms with E-state index < -0.39 is 12.1 Å². The number of aromatic nitrogens is 1. The minimum absolute atomic E-state index is 0.232. The topological polar surface area (TPSA) is 81.4 Å². The van der Waals surface area contributed by atoms with Crippen LogP contribution in [0.4, 0.5) is 0 Å². The molecule has 5 rings (SSSR count). The minimum Gasteiger partial charge on any atom is -0.465 e. The number of amides is 1. The minimum atomic E-state index is -0.730. The lowest BCUT2D eigenvalue weighted by Crippen LogP contribution is -2.28. The van der Waals surface area contributed by atoms with E-state index in [9.17, 15) is 9.59 Å². The summed E-state index contributed by atoms with van der Waals surface area (Å²) in [4.78, 5) is 30.0. The van der Waals surface area contributed by atoms with Gasteiger partial charge in [0.25, 0.3) is 5.91 Å². The van der Waals surface area contributed by atoms with Crippen molar-refractivity contribution in [2.45, 2.75) is 31.8 Å². The maximum atomic E-state index is 13.2. The largest absolute Gasteiger partial charge is 0.465 e. The highest BCUT2D eigenvalue weighted by Gasteiger charge is 2.31. The summed E-state index contributed by atoms with van der Waals surface area (Å²) in [5.41, 5.74) is 4.00. The second-order valence-corrected chi connectivity index (χ2v) is 7.34. The molecule has 1 aliphatic heterocycles. The van der Waals surface area contributed by atoms with Gasteiger partial charge in [-0.05, 0) is 54.7 Å². The molecule has 1 aliphatic carbocycles. The lowest BCUT2D eigenvalue weighted by Gasteiger charge is -2.22. The molecular weight excluding hydrogens is 368 g/mol. The summed E-state index contributed by atoms with van der Waals surface area (Å²) < 4.78 is 11.1. The van der Waals surface area contributed by atoms with E-state index >= 15 is 0 Å². The van der Waals surface area contributed by atoms with Crippen LogP contribution in [-0.4, -0.2) is 29.5 Å². The van der Waals surface area contributed by atoms with Crippen LogP contribution in [-0.2, 0) is 16.0 Å². The Morgan fingerprint density at radius 1 is 1.21 bits per heavy atom. The quantitative estimate of drug-likeness (QED) is 0.691. The van der Waals surface area contributed by atoms with Crippen LogP contribution < -0.4 is 5.32 Å². The highest BCUT2D eigenvalue weighted by molar-refractivity contribution is 6.07. The van der Waals surface area contributed by atoms with E-state index in [1.165, 1.54) is 0 Å². The maximum absolute atomic E-state index is 13.2. The summed E-state index contributed by atoms with van der Waals surface area (Å²) in [5.74, 6) is 0.0692. The molecule has 0 saturated carbocycles. The van der Waals surface area contributed by atoms with Crippen LogP contribution in [0.1, 0.15) is 46.6 Å². The number of pyridine rings is 1. The van der Waals surface area contributed by atoms with Gasteiger partial charge in [-0.1, -0.05) is 18.2 Å². The molecule has 1 aromatic carbocycles. The molecule has 1 saturated heterocycles. The normalized spacial score (nSPS) is 19.9. The number of hydrogen-bond acceptors (Lipinski definition) is 5. The van der Waals surface area contributed by atoms with E-state index in [4.69, 9.17) is 14.1 Å². The van der Waals surface area contributed by atoms with E-state index in [-0.39, 0.29) is 5.91 Å². The predicted molar refractivity (Wildman–Crippen MR) is 108 cm³/mol. The van der Waals surface area contributed by atoms with Gasteiger partial charge in [-0.2, -0.15) is 0 Å². The van der Waals surface area contributed by atoms with Crippen molar-refractivity contribution in [1.29, 1.82) is 0 Å². The Balaban J connectivity index is 1.65. The van der Waals surface area contributed by atoms with E-state index in [1.54, 1.807) is 6.26 Å². The average Bonchev–Trinajstić information content (AvgIpc) is 3.38. The van der Waals surface area contributed by atoms with Crippen molar-refractivity contribution in [3.05, 3.63) is 65.2 Å². The third kappa shape index (κ3) is 3.20. The van der Waals surface area contributed by atoms with Crippen molar-refractivity contribution in [2.75, 3.05) is 6.54 Å². The number of nitrogens with one attached hydrogen (secondary N) is 1. The molecule has 1 amide bonds. The molecule has 0 spiro atoms. The highest BCUT2D eigenvalue weighted by atomic mass is 16.5. The van der Waals surface area contributed by atoms with Gasteiger partial charge in [-0.3, -0.25) is 4.79 Å². The molecular formula is C23H20N2O4. The summed E-state index contributed by atoms with van der Waals surface area (Å²) in [6, 6.07) is 11.3. The number of rotatable bonds is 3. The molecule has 1 fully saturated rings. The number of ether oxygens (including phenoxy) is 1. The Morgan fingerprint density at radius 2 is 2.10 bits per heavy atom. The summed E-state index contributed by atoms with van der Waals surface area (Å²) >= 11 is 0. The standard InChI is InChI=1S/C23H20N2O4/c26-22-19(10-11-24-22)29-23(27)20-16-7-1-2-9-18(16)25-21-14(5-3-8-17(20)21)13-15-6-4-12-28-15/h1-2,4,6-7,9,12-13,19H,3,5,8,10-11H2,(H,24,26)/b14-13-. The average molecular weight is 388 g/mol. The van der Waals surface area contributed by atoms with Crippen molar-refractivity contribution < 1.29 is 18.7 Å². The fraction of sp³-hybridized carbons (Fsp3) is 0.261. The molecule has 3 aromatic rings. The van der Waals surface area contributed by atoms with Crippen LogP contribution >= 0.6 is 0 Å². The number of hydrogen-bond donors (Lipinski definition) is 1. The van der Waals surface area contributed by atoms with E-state index in [2.05, 4.69) is 5.32 Å². The number of carbonyl (C=O) groups is 2. The molecule has 0 radical (unpaired) electrons. The fourth-order valence-electron chi connectivity index (χ4n) is 4.13. The van der Waals surface area contributed by atoms with Gasteiger partial charge < -0.3 is 14.5 Å². The number of carbonyl (C=O) groups excluding carboxylic acids is 2. The molecule has 0 bridgehead atoms. The second-order valence-electron chi connectivity index (χ2n) is 7.34. The number of esters is 1. The molecule has 6 nitrogen and oxygen atoms in total. The Bertz CT molecular complexity index is 1130. The number of furan rings is 1. The summed E-state index contributed by atoms with van der Waals surface area (Å²) in [6.07, 6.45) is 5.90. The Kier molecular flexibility index (Phi) is 4.39. The first-order valence-corrected chi connectivity index (χ1v) is 9.85. The number of nitrogens with zero attached hydrogens (tertiary/aromatic N) is 1. The number of allylic oxidation sites excluding steroid dienone is 1. The van der Waals surface area contributed by atoms with Crippen molar-refractivity contribution >= 4 is 34.4 Å². The van der Waals surface area contributed by atoms with Gasteiger partial charge in [-0.25, -0.2) is 9.78 Å². The highest BCUT2D eigenvalue weighted by Crippen LogP contribution is 2.36. The lowest BCUT2D eigenvalue weighted by molar-refractivity contribution is -0.126. The monoisotopic (exact) mass is 388 g/mol. The second kappa shape index (κ2) is 7.20. The van der Waals surface area contributed by atoms with E-state index in [1.807, 2.05) is 42.5 Å². The summed E-state index contributed by atoms with van der Waals surface area (Å²) in [7, 11) is 0. The molecule has 29 heavy (non-hydrogen) atoms. The molecule has 3 heterocycles. The smallest absolute Gasteiger partial charge is 0.339 e. The third-order valence-corrected chi connectivity index (χ3v) is 5.48. The summed E-state index contributed by atoms with van der Waals surface area (Å²) in [5, 5.41) is 3.47. The zero-order valence-corrected chi connectivity index (χ0v) is 15.8. The van der Waals surface area contributed by atoms with Crippen LogP contribution in [0.2, 0.25) is 0 Å². The number of benzene rings is 1. The molecule has 2 aliphatic rings. The predicted octanol–water partition coefficient (Wildman–Crippen LogP) is 3.75. The van der Waals surface area contributed by atoms with Crippen LogP contribution in [0, 0.1) is 0 Å². The van der Waals surface area contributed by atoms with Crippen molar-refractivity contribution in [2.24, 2.45) is 0 Å². The van der Waals surface area contributed by atoms with Crippen LogP contribution in [0.25, 0.3) is 22.6 Å². The zero-order valence-electron chi connectivity index (χ0n) is 15.8. The first kappa shape index (κ1) is 17.7. The molecule has 1 unspecified atom stereocenters. The SMILES string of the molecule is O=C(OC1CCNC1=O)c1c2c(nc3ccccc13)/C(=C\c1ccco1)CCC2. The Labute approximate surface area is 167 Å². The number of fused-ring (bicyclic) bond motifs is 2. The van der Waals surface area contributed by atoms with Gasteiger partial charge in [0.15, 0.2) is 6.10 Å². The van der Waals surface area contributed by atoms with Crippen LogP contribution in [0.3, 0.4) is 0 Å². The summed E-state index contributed by atoms with van der Waals surface area (Å²) in [6.45, 7) is 0.530. The van der Waals surface area contributed by atoms with Crippen molar-refractivity contribution in [3.8, 4) is 0 Å².